The molecule has 0 aromatic carbocycles. The topological polar surface area (TPSA) is 18.5 Å². The minimum absolute atomic E-state index is 0.136. The Labute approximate surface area is 91.8 Å². The Kier molecular flexibility index (Phi) is 3.67. The minimum Gasteiger partial charge on any atom is -0.403 e. The second-order valence-electron chi connectivity index (χ2n) is 4.88. The molecule has 80 valence electrons. The number of hydrogen-bond acceptors (Lipinski definition) is 2. The lowest BCUT2D eigenvalue weighted by molar-refractivity contribution is -0.0722. The van der Waals surface area contributed by atoms with E-state index in [4.69, 9.17) is 20.9 Å². The summed E-state index contributed by atoms with van der Waals surface area (Å²) in [6.45, 7) is 8.33. The molecule has 1 saturated heterocycles. The largest absolute Gasteiger partial charge is 0.486 e. The highest BCUT2D eigenvalue weighted by Crippen LogP contribution is 2.33. The van der Waals surface area contributed by atoms with Crippen molar-refractivity contribution in [1.82, 2.24) is 0 Å². The maximum Gasteiger partial charge on any atom is 0.486 e. The number of halogens is 1. The monoisotopic (exact) mass is 216 g/mol. The second kappa shape index (κ2) is 4.25. The predicted octanol–water partition coefficient (Wildman–Crippen LogP) is 2.80. The Morgan fingerprint density at radius 3 is 2.14 bits per heavy atom. The van der Waals surface area contributed by atoms with E-state index in [0.717, 1.165) is 6.42 Å². The van der Waals surface area contributed by atoms with E-state index in [1.165, 1.54) is 0 Å². The molecule has 1 aliphatic heterocycles. The summed E-state index contributed by atoms with van der Waals surface area (Å²) < 4.78 is 11.5. The van der Waals surface area contributed by atoms with E-state index < -0.39 is 0 Å². The van der Waals surface area contributed by atoms with Gasteiger partial charge >= 0.3 is 7.12 Å². The lowest BCUT2D eigenvalue weighted by atomic mass is 9.79. The van der Waals surface area contributed by atoms with Crippen molar-refractivity contribution in [2.75, 3.05) is 5.88 Å². The second-order valence-corrected chi connectivity index (χ2v) is 5.19. The number of hydrogen-bond donors (Lipinski definition) is 0. The number of allylic oxidation sites excluding steroid dienone is 1. The van der Waals surface area contributed by atoms with E-state index in [-0.39, 0.29) is 18.3 Å². The molecular formula is C10H18BClO2. The van der Waals surface area contributed by atoms with Gasteiger partial charge in [-0.3, -0.25) is 0 Å². The van der Waals surface area contributed by atoms with Crippen LogP contribution in [0.5, 0.6) is 0 Å². The van der Waals surface area contributed by atoms with Crippen LogP contribution in [0.25, 0.3) is 0 Å². The standard InChI is InChI=1S/C10H18BClO2/c1-9(2)8-10(3,4)14-11(13-9)6-5-7-12/h5-6H,7-8H2,1-4H3/b6-5+. The highest BCUT2D eigenvalue weighted by atomic mass is 35.5. The maximum atomic E-state index is 5.74. The lowest BCUT2D eigenvalue weighted by Crippen LogP contribution is -2.50. The van der Waals surface area contributed by atoms with Crippen LogP contribution < -0.4 is 0 Å². The van der Waals surface area contributed by atoms with Crippen molar-refractivity contribution in [2.24, 2.45) is 0 Å². The van der Waals surface area contributed by atoms with Gasteiger partial charge in [-0.25, -0.2) is 0 Å². The van der Waals surface area contributed by atoms with Gasteiger partial charge in [0.15, 0.2) is 0 Å². The van der Waals surface area contributed by atoms with E-state index in [9.17, 15) is 0 Å². The Balaban J connectivity index is 2.66. The fraction of sp³-hybridized carbons (Fsp3) is 0.800. The first-order valence-corrected chi connectivity index (χ1v) is 5.46. The van der Waals surface area contributed by atoms with Crippen LogP contribution in [-0.4, -0.2) is 24.2 Å². The van der Waals surface area contributed by atoms with E-state index >= 15 is 0 Å². The van der Waals surface area contributed by atoms with Gasteiger partial charge in [-0.15, -0.1) is 11.6 Å². The van der Waals surface area contributed by atoms with E-state index in [1.807, 2.05) is 12.1 Å². The van der Waals surface area contributed by atoms with Gasteiger partial charge in [0.2, 0.25) is 0 Å². The van der Waals surface area contributed by atoms with Crippen LogP contribution in [0, 0.1) is 0 Å². The molecule has 14 heavy (non-hydrogen) atoms. The fourth-order valence-electron chi connectivity index (χ4n) is 2.00. The molecule has 0 spiro atoms. The highest BCUT2D eigenvalue weighted by molar-refractivity contribution is 6.51. The highest BCUT2D eigenvalue weighted by Gasteiger charge is 2.41. The molecule has 4 heteroatoms. The van der Waals surface area contributed by atoms with Gasteiger partial charge in [0.1, 0.15) is 0 Å². The van der Waals surface area contributed by atoms with Crippen LogP contribution in [0.2, 0.25) is 0 Å². The normalized spacial score (nSPS) is 25.6. The molecule has 0 amide bonds. The van der Waals surface area contributed by atoms with Crippen LogP contribution in [0.3, 0.4) is 0 Å². The Morgan fingerprint density at radius 1 is 1.21 bits per heavy atom. The van der Waals surface area contributed by atoms with E-state index in [0.29, 0.717) is 5.88 Å². The molecule has 0 aromatic rings. The molecule has 1 aliphatic rings. The van der Waals surface area contributed by atoms with E-state index in [1.54, 1.807) is 0 Å². The summed E-state index contributed by atoms with van der Waals surface area (Å²) >= 11 is 5.56. The van der Waals surface area contributed by atoms with Gasteiger partial charge in [0, 0.05) is 12.3 Å². The van der Waals surface area contributed by atoms with Gasteiger partial charge < -0.3 is 9.31 Å². The third-order valence-corrected chi connectivity index (χ3v) is 2.28. The van der Waals surface area contributed by atoms with Crippen molar-refractivity contribution < 1.29 is 9.31 Å². The van der Waals surface area contributed by atoms with Crippen LogP contribution in [0.4, 0.5) is 0 Å². The summed E-state index contributed by atoms with van der Waals surface area (Å²) in [6.07, 6.45) is 2.74. The van der Waals surface area contributed by atoms with E-state index in [2.05, 4.69) is 27.7 Å². The SMILES string of the molecule is CC1(C)CC(C)(C)OB(/C=C/CCl)O1. The Morgan fingerprint density at radius 2 is 1.71 bits per heavy atom. The van der Waals surface area contributed by atoms with Crippen LogP contribution in [0.1, 0.15) is 34.1 Å². The molecule has 0 bridgehead atoms. The van der Waals surface area contributed by atoms with Crippen LogP contribution in [0.15, 0.2) is 12.1 Å². The molecule has 2 nitrogen and oxygen atoms in total. The molecule has 0 radical (unpaired) electrons. The Hall–Kier alpha value is 0.0149. The summed E-state index contributed by atoms with van der Waals surface area (Å²) in [5.41, 5.74) is -0.272. The van der Waals surface area contributed by atoms with Crippen molar-refractivity contribution in [3.8, 4) is 0 Å². The van der Waals surface area contributed by atoms with Crippen molar-refractivity contribution in [2.45, 2.75) is 45.3 Å². The quantitative estimate of drug-likeness (QED) is 0.522. The van der Waals surface area contributed by atoms with Crippen LogP contribution >= 0.6 is 11.6 Å². The van der Waals surface area contributed by atoms with Gasteiger partial charge in [-0.1, -0.05) is 12.1 Å². The molecule has 0 saturated carbocycles. The number of rotatable bonds is 2. The van der Waals surface area contributed by atoms with Crippen molar-refractivity contribution in [1.29, 1.82) is 0 Å². The predicted molar refractivity (Wildman–Crippen MR) is 60.6 cm³/mol. The first kappa shape index (κ1) is 12.1. The summed E-state index contributed by atoms with van der Waals surface area (Å²) in [4.78, 5) is 0. The molecule has 0 aromatic heterocycles. The third-order valence-electron chi connectivity index (χ3n) is 2.10. The maximum absolute atomic E-state index is 5.74. The van der Waals surface area contributed by atoms with Crippen molar-refractivity contribution >= 4 is 18.7 Å². The number of alkyl halides is 1. The molecule has 1 heterocycles. The fourth-order valence-corrected chi connectivity index (χ4v) is 2.11. The summed E-state index contributed by atoms with van der Waals surface area (Å²) in [5, 5.41) is 0. The molecule has 0 N–H and O–H groups in total. The zero-order valence-corrected chi connectivity index (χ0v) is 10.1. The molecule has 1 rings (SSSR count). The minimum atomic E-state index is -0.271. The summed E-state index contributed by atoms with van der Waals surface area (Å²) in [5.74, 6) is 2.36. The zero-order chi connectivity index (χ0) is 10.8. The first-order chi connectivity index (χ1) is 6.35. The molecule has 0 atom stereocenters. The van der Waals surface area contributed by atoms with Gasteiger partial charge in [0.05, 0.1) is 11.2 Å². The van der Waals surface area contributed by atoms with Crippen molar-refractivity contribution in [3.63, 3.8) is 0 Å². The zero-order valence-electron chi connectivity index (χ0n) is 9.34. The molecule has 0 unspecified atom stereocenters. The van der Waals surface area contributed by atoms with Gasteiger partial charge in [-0.2, -0.15) is 0 Å². The third kappa shape index (κ3) is 3.64. The smallest absolute Gasteiger partial charge is 0.403 e. The average Bonchev–Trinajstić information content (AvgIpc) is 1.94. The summed E-state index contributed by atoms with van der Waals surface area (Å²) in [7, 11) is -0.271. The van der Waals surface area contributed by atoms with Gasteiger partial charge in [-0.05, 0) is 27.7 Å². The van der Waals surface area contributed by atoms with Gasteiger partial charge in [0.25, 0.3) is 0 Å². The lowest BCUT2D eigenvalue weighted by Gasteiger charge is -2.43. The molecular weight excluding hydrogens is 198 g/mol. The molecule has 0 aliphatic carbocycles. The average molecular weight is 217 g/mol. The molecule has 1 fully saturated rings. The first-order valence-electron chi connectivity index (χ1n) is 4.93. The summed E-state index contributed by atoms with van der Waals surface area (Å²) in [6, 6.07) is 0. The Bertz CT molecular complexity index is 210. The van der Waals surface area contributed by atoms with Crippen molar-refractivity contribution in [3.05, 3.63) is 12.1 Å². The van der Waals surface area contributed by atoms with Crippen LogP contribution in [-0.2, 0) is 9.31 Å².